The van der Waals surface area contributed by atoms with E-state index >= 15 is 0 Å². The van der Waals surface area contributed by atoms with E-state index in [0.29, 0.717) is 0 Å². The summed E-state index contributed by atoms with van der Waals surface area (Å²) in [6.07, 6.45) is 3.64. The Morgan fingerprint density at radius 3 is 2.42 bits per heavy atom. The van der Waals surface area contributed by atoms with Crippen molar-refractivity contribution in [2.45, 2.75) is 40.0 Å². The van der Waals surface area contributed by atoms with Crippen LogP contribution in [0.4, 0.5) is 0 Å². The van der Waals surface area contributed by atoms with Crippen molar-refractivity contribution in [2.24, 2.45) is 5.92 Å². The highest BCUT2D eigenvalue weighted by Crippen LogP contribution is 2.18. The van der Waals surface area contributed by atoms with Crippen molar-refractivity contribution < 1.29 is 0 Å². The summed E-state index contributed by atoms with van der Waals surface area (Å²) in [5, 5.41) is 0. The first-order valence-electron chi connectivity index (χ1n) is 7.25. The summed E-state index contributed by atoms with van der Waals surface area (Å²) in [7, 11) is 0. The van der Waals surface area contributed by atoms with Crippen LogP contribution in [0.1, 0.15) is 35.6 Å². The third-order valence-electron chi connectivity index (χ3n) is 3.84. The molecule has 0 aliphatic carbocycles. The third-order valence-corrected chi connectivity index (χ3v) is 3.84. The second-order valence-corrected chi connectivity index (χ2v) is 5.76. The lowest BCUT2D eigenvalue weighted by Crippen LogP contribution is -2.03. The van der Waals surface area contributed by atoms with Crippen LogP contribution in [-0.4, -0.2) is 0 Å². The van der Waals surface area contributed by atoms with E-state index in [9.17, 15) is 0 Å². The summed E-state index contributed by atoms with van der Waals surface area (Å²) in [5.74, 6) is 0.737. The predicted molar refractivity (Wildman–Crippen MR) is 83.5 cm³/mol. The van der Waals surface area contributed by atoms with Crippen molar-refractivity contribution >= 4 is 0 Å². The first-order chi connectivity index (χ1) is 9.15. The van der Waals surface area contributed by atoms with Crippen LogP contribution in [-0.2, 0) is 12.8 Å². The van der Waals surface area contributed by atoms with E-state index in [-0.39, 0.29) is 0 Å². The fraction of sp³-hybridized carbons (Fsp3) is 0.368. The predicted octanol–water partition coefficient (Wildman–Crippen LogP) is 5.11. The highest BCUT2D eigenvalue weighted by atomic mass is 14.1. The molecule has 0 aliphatic rings. The lowest BCUT2D eigenvalue weighted by atomic mass is 9.92. The Bertz CT molecular complexity index is 511. The van der Waals surface area contributed by atoms with Gasteiger partial charge < -0.3 is 0 Å². The summed E-state index contributed by atoms with van der Waals surface area (Å²) in [6.45, 7) is 6.76. The molecule has 0 aromatic heterocycles. The summed E-state index contributed by atoms with van der Waals surface area (Å²) in [4.78, 5) is 0. The zero-order valence-electron chi connectivity index (χ0n) is 12.3. The number of benzene rings is 2. The summed E-state index contributed by atoms with van der Waals surface area (Å²) in [5.41, 5.74) is 5.77. The molecule has 0 saturated heterocycles. The maximum absolute atomic E-state index is 2.37. The van der Waals surface area contributed by atoms with Gasteiger partial charge in [-0.25, -0.2) is 0 Å². The van der Waals surface area contributed by atoms with Gasteiger partial charge in [0.1, 0.15) is 0 Å². The van der Waals surface area contributed by atoms with Crippen LogP contribution in [0.5, 0.6) is 0 Å². The van der Waals surface area contributed by atoms with Crippen LogP contribution in [0.15, 0.2) is 48.5 Å². The minimum Gasteiger partial charge on any atom is -0.0622 e. The van der Waals surface area contributed by atoms with E-state index < -0.39 is 0 Å². The van der Waals surface area contributed by atoms with Crippen molar-refractivity contribution in [2.75, 3.05) is 0 Å². The molecule has 0 aliphatic heterocycles. The van der Waals surface area contributed by atoms with Crippen LogP contribution >= 0.6 is 0 Å². The van der Waals surface area contributed by atoms with Gasteiger partial charge in [0.15, 0.2) is 0 Å². The molecule has 0 nitrogen and oxygen atoms in total. The number of rotatable bonds is 5. The molecule has 1 unspecified atom stereocenters. The van der Waals surface area contributed by atoms with E-state index in [1.165, 1.54) is 41.5 Å². The Balaban J connectivity index is 1.90. The Morgan fingerprint density at radius 1 is 0.947 bits per heavy atom. The van der Waals surface area contributed by atoms with Crippen LogP contribution in [0.2, 0.25) is 0 Å². The van der Waals surface area contributed by atoms with E-state index in [4.69, 9.17) is 0 Å². The first-order valence-corrected chi connectivity index (χ1v) is 7.25. The van der Waals surface area contributed by atoms with Gasteiger partial charge in [0, 0.05) is 0 Å². The third kappa shape index (κ3) is 4.24. The lowest BCUT2D eigenvalue weighted by molar-refractivity contribution is 0.529. The summed E-state index contributed by atoms with van der Waals surface area (Å²) < 4.78 is 0. The van der Waals surface area contributed by atoms with Gasteiger partial charge >= 0.3 is 0 Å². The monoisotopic (exact) mass is 252 g/mol. The SMILES string of the molecule is Cc1ccc(C)c(CC(C)CCc2ccccc2)c1. The molecule has 0 N–H and O–H groups in total. The molecule has 0 bridgehead atoms. The molecule has 0 heterocycles. The van der Waals surface area contributed by atoms with Crippen LogP contribution in [0.25, 0.3) is 0 Å². The van der Waals surface area contributed by atoms with Gasteiger partial charge in [-0.1, -0.05) is 61.0 Å². The fourth-order valence-electron chi connectivity index (χ4n) is 2.56. The van der Waals surface area contributed by atoms with Crippen molar-refractivity contribution in [1.29, 1.82) is 0 Å². The second kappa shape index (κ2) is 6.56. The van der Waals surface area contributed by atoms with Crippen LogP contribution < -0.4 is 0 Å². The molecule has 2 aromatic carbocycles. The summed E-state index contributed by atoms with van der Waals surface area (Å²) in [6, 6.07) is 17.6. The molecule has 0 spiro atoms. The van der Waals surface area contributed by atoms with Gasteiger partial charge in [0.2, 0.25) is 0 Å². The zero-order chi connectivity index (χ0) is 13.7. The average molecular weight is 252 g/mol. The molecule has 0 radical (unpaired) electrons. The molecule has 0 fully saturated rings. The molecule has 1 atom stereocenters. The van der Waals surface area contributed by atoms with Crippen molar-refractivity contribution in [3.05, 3.63) is 70.8 Å². The number of hydrogen-bond acceptors (Lipinski definition) is 0. The van der Waals surface area contributed by atoms with Crippen LogP contribution in [0, 0.1) is 19.8 Å². The Morgan fingerprint density at radius 2 is 1.68 bits per heavy atom. The van der Waals surface area contributed by atoms with E-state index in [1.54, 1.807) is 0 Å². The molecule has 2 rings (SSSR count). The Labute approximate surface area is 117 Å². The van der Waals surface area contributed by atoms with Gasteiger partial charge in [-0.2, -0.15) is 0 Å². The molecular weight excluding hydrogens is 228 g/mol. The standard InChI is InChI=1S/C19H24/c1-15-9-11-17(3)19(13-15)14-16(2)10-12-18-7-5-4-6-8-18/h4-9,11,13,16H,10,12,14H2,1-3H3. The molecule has 0 heteroatoms. The van der Waals surface area contributed by atoms with Gasteiger partial charge in [-0.3, -0.25) is 0 Å². The minimum absolute atomic E-state index is 0.737. The average Bonchev–Trinajstić information content (AvgIpc) is 2.42. The molecule has 100 valence electrons. The Hall–Kier alpha value is -1.56. The van der Waals surface area contributed by atoms with E-state index in [2.05, 4.69) is 69.3 Å². The van der Waals surface area contributed by atoms with Crippen molar-refractivity contribution in [3.8, 4) is 0 Å². The van der Waals surface area contributed by atoms with Gasteiger partial charge in [-0.05, 0) is 55.7 Å². The molecule has 2 aromatic rings. The van der Waals surface area contributed by atoms with Crippen molar-refractivity contribution in [3.63, 3.8) is 0 Å². The smallest absolute Gasteiger partial charge is 0.0250 e. The van der Waals surface area contributed by atoms with Gasteiger partial charge in [-0.15, -0.1) is 0 Å². The highest BCUT2D eigenvalue weighted by molar-refractivity contribution is 5.30. The van der Waals surface area contributed by atoms with Gasteiger partial charge in [0.25, 0.3) is 0 Å². The van der Waals surface area contributed by atoms with Crippen LogP contribution in [0.3, 0.4) is 0 Å². The largest absolute Gasteiger partial charge is 0.0622 e. The topological polar surface area (TPSA) is 0 Å². The second-order valence-electron chi connectivity index (χ2n) is 5.76. The normalized spacial score (nSPS) is 12.4. The molecule has 0 amide bonds. The molecule has 19 heavy (non-hydrogen) atoms. The summed E-state index contributed by atoms with van der Waals surface area (Å²) >= 11 is 0. The highest BCUT2D eigenvalue weighted by Gasteiger charge is 2.06. The fourth-order valence-corrected chi connectivity index (χ4v) is 2.56. The van der Waals surface area contributed by atoms with E-state index in [0.717, 1.165) is 5.92 Å². The maximum Gasteiger partial charge on any atom is -0.0250 e. The van der Waals surface area contributed by atoms with Crippen molar-refractivity contribution in [1.82, 2.24) is 0 Å². The number of aryl methyl sites for hydroxylation is 3. The zero-order valence-corrected chi connectivity index (χ0v) is 12.3. The lowest BCUT2D eigenvalue weighted by Gasteiger charge is -2.14. The first kappa shape index (κ1) is 13.9. The minimum atomic E-state index is 0.737. The number of hydrogen-bond donors (Lipinski definition) is 0. The van der Waals surface area contributed by atoms with Gasteiger partial charge in [0.05, 0.1) is 0 Å². The molecular formula is C19H24. The maximum atomic E-state index is 2.37. The Kier molecular flexibility index (Phi) is 4.79. The quantitative estimate of drug-likeness (QED) is 0.693. The molecule has 0 saturated carbocycles. The van der Waals surface area contributed by atoms with E-state index in [1.807, 2.05) is 0 Å².